The molecule has 1 aliphatic carbocycles. The normalized spacial score (nSPS) is 13.1. The Bertz CT molecular complexity index is 880. The molecule has 0 amide bonds. The van der Waals surface area contributed by atoms with Crippen LogP contribution < -0.4 is 0 Å². The molecule has 0 spiro atoms. The van der Waals surface area contributed by atoms with Gasteiger partial charge in [0.2, 0.25) is 0 Å². The summed E-state index contributed by atoms with van der Waals surface area (Å²) in [6.07, 6.45) is 0.798. The van der Waals surface area contributed by atoms with E-state index in [9.17, 15) is 4.79 Å². The lowest BCUT2D eigenvalue weighted by Gasteiger charge is -2.21. The molecule has 0 N–H and O–H groups in total. The molecule has 0 atom stereocenters. The first-order chi connectivity index (χ1) is 10.3. The highest BCUT2D eigenvalue weighted by atomic mass is 35.5. The van der Waals surface area contributed by atoms with Gasteiger partial charge in [0.1, 0.15) is 0 Å². The third kappa shape index (κ3) is 1.81. The summed E-state index contributed by atoms with van der Waals surface area (Å²) in [7, 11) is 0. The van der Waals surface area contributed by atoms with E-state index in [2.05, 4.69) is 6.07 Å². The maximum atomic E-state index is 12.9. The van der Waals surface area contributed by atoms with E-state index in [4.69, 9.17) is 11.6 Å². The number of hydrogen-bond donors (Lipinski definition) is 0. The molecule has 0 saturated carbocycles. The summed E-state index contributed by atoms with van der Waals surface area (Å²) in [5.41, 5.74) is 4.96. The number of alkyl halides is 1. The second kappa shape index (κ2) is 4.71. The summed E-state index contributed by atoms with van der Waals surface area (Å²) in [5.74, 6) is 0.591. The Morgan fingerprint density at radius 2 is 1.62 bits per heavy atom. The number of fused-ring (bicyclic) bond motifs is 4. The van der Waals surface area contributed by atoms with Crippen molar-refractivity contribution in [1.29, 1.82) is 0 Å². The second-order valence-corrected chi connectivity index (χ2v) is 5.68. The van der Waals surface area contributed by atoms with Crippen molar-refractivity contribution >= 4 is 28.2 Å². The van der Waals surface area contributed by atoms with E-state index in [0.717, 1.165) is 45.0 Å². The van der Waals surface area contributed by atoms with Gasteiger partial charge in [-0.1, -0.05) is 54.6 Å². The zero-order valence-electron chi connectivity index (χ0n) is 11.4. The molecule has 102 valence electrons. The number of rotatable bonds is 1. The lowest BCUT2D eigenvalue weighted by molar-refractivity contribution is 0.103. The fourth-order valence-corrected chi connectivity index (χ4v) is 3.49. The zero-order valence-corrected chi connectivity index (χ0v) is 12.2. The molecule has 1 nitrogen and oxygen atoms in total. The van der Waals surface area contributed by atoms with Gasteiger partial charge in [0, 0.05) is 17.0 Å². The van der Waals surface area contributed by atoms with Gasteiger partial charge in [-0.25, -0.2) is 0 Å². The summed E-state index contributed by atoms with van der Waals surface area (Å²) in [6, 6.07) is 18.0. The molecule has 1 aliphatic rings. The Labute approximate surface area is 128 Å². The van der Waals surface area contributed by atoms with Crippen LogP contribution in [0.3, 0.4) is 0 Å². The highest BCUT2D eigenvalue weighted by molar-refractivity contribution is 6.21. The van der Waals surface area contributed by atoms with Gasteiger partial charge < -0.3 is 0 Å². The number of halogens is 1. The van der Waals surface area contributed by atoms with Crippen LogP contribution in [0.25, 0.3) is 10.8 Å². The smallest absolute Gasteiger partial charge is 0.194 e. The third-order valence-electron chi connectivity index (χ3n) is 4.23. The summed E-state index contributed by atoms with van der Waals surface area (Å²) < 4.78 is 0. The molecule has 3 aromatic carbocycles. The Hall–Kier alpha value is -2.12. The molecule has 0 bridgehead atoms. The summed E-state index contributed by atoms with van der Waals surface area (Å²) in [4.78, 5) is 12.9. The molecule has 4 rings (SSSR count). The molecule has 0 aliphatic heterocycles. The van der Waals surface area contributed by atoms with Crippen LogP contribution in [0.15, 0.2) is 54.6 Å². The van der Waals surface area contributed by atoms with Crippen LogP contribution in [0.5, 0.6) is 0 Å². The van der Waals surface area contributed by atoms with Crippen molar-refractivity contribution < 1.29 is 4.79 Å². The number of carbonyl (C=O) groups is 1. The SMILES string of the molecule is O=C1c2ccccc2Cc2cc(CCl)c3ccccc3c21. The third-order valence-corrected chi connectivity index (χ3v) is 4.51. The Kier molecular flexibility index (Phi) is 2.83. The van der Waals surface area contributed by atoms with Crippen molar-refractivity contribution in [1.82, 2.24) is 0 Å². The first-order valence-electron chi connectivity index (χ1n) is 7.01. The lowest BCUT2D eigenvalue weighted by Crippen LogP contribution is -2.16. The molecule has 21 heavy (non-hydrogen) atoms. The van der Waals surface area contributed by atoms with Gasteiger partial charge >= 0.3 is 0 Å². The molecule has 0 fully saturated rings. The highest BCUT2D eigenvalue weighted by Crippen LogP contribution is 2.34. The Balaban J connectivity index is 2.08. The molecule has 3 aromatic rings. The van der Waals surface area contributed by atoms with Crippen LogP contribution in [-0.4, -0.2) is 5.78 Å². The summed E-state index contributed by atoms with van der Waals surface area (Å²) >= 11 is 6.10. The standard InChI is InChI=1S/C19H13ClO/c20-11-14-10-13-9-12-5-1-2-7-16(12)19(21)18(13)17-8-4-3-6-15(14)17/h1-8,10H,9,11H2. The van der Waals surface area contributed by atoms with Crippen LogP contribution >= 0.6 is 11.6 Å². The molecule has 2 heteroatoms. The summed E-state index contributed by atoms with van der Waals surface area (Å²) in [5, 5.41) is 2.10. The molecule has 0 heterocycles. The van der Waals surface area contributed by atoms with Gasteiger partial charge in [-0.05, 0) is 33.9 Å². The van der Waals surface area contributed by atoms with E-state index in [1.165, 1.54) is 0 Å². The van der Waals surface area contributed by atoms with Crippen molar-refractivity contribution in [3.8, 4) is 0 Å². The van der Waals surface area contributed by atoms with Crippen LogP contribution in [0.1, 0.15) is 32.6 Å². The monoisotopic (exact) mass is 292 g/mol. The molecule has 0 saturated heterocycles. The molecular formula is C19H13ClO. The maximum absolute atomic E-state index is 12.9. The number of carbonyl (C=O) groups excluding carboxylic acids is 1. The maximum Gasteiger partial charge on any atom is 0.194 e. The number of hydrogen-bond acceptors (Lipinski definition) is 1. The minimum atomic E-state index is 0.129. The minimum Gasteiger partial charge on any atom is -0.289 e. The van der Waals surface area contributed by atoms with E-state index in [0.29, 0.717) is 5.88 Å². The van der Waals surface area contributed by atoms with Gasteiger partial charge in [0.05, 0.1) is 0 Å². The average molecular weight is 293 g/mol. The van der Waals surface area contributed by atoms with E-state index in [1.54, 1.807) is 0 Å². The predicted octanol–water partition coefficient (Wildman–Crippen LogP) is 4.71. The fourth-order valence-electron chi connectivity index (χ4n) is 3.27. The van der Waals surface area contributed by atoms with Crippen molar-refractivity contribution in [2.45, 2.75) is 12.3 Å². The first kappa shape index (κ1) is 12.6. The number of benzene rings is 3. The average Bonchev–Trinajstić information content (AvgIpc) is 2.54. The van der Waals surface area contributed by atoms with Crippen molar-refractivity contribution in [3.05, 3.63) is 82.4 Å². The second-order valence-electron chi connectivity index (χ2n) is 5.41. The Morgan fingerprint density at radius 3 is 2.43 bits per heavy atom. The number of ketones is 1. The van der Waals surface area contributed by atoms with Crippen LogP contribution in [-0.2, 0) is 12.3 Å². The van der Waals surface area contributed by atoms with Crippen LogP contribution in [0.2, 0.25) is 0 Å². The molecule has 0 radical (unpaired) electrons. The van der Waals surface area contributed by atoms with Gasteiger partial charge in [0.15, 0.2) is 5.78 Å². The quantitative estimate of drug-likeness (QED) is 0.464. The zero-order chi connectivity index (χ0) is 14.4. The minimum absolute atomic E-state index is 0.129. The van der Waals surface area contributed by atoms with Crippen LogP contribution in [0, 0.1) is 0 Å². The Morgan fingerprint density at radius 1 is 0.905 bits per heavy atom. The lowest BCUT2D eigenvalue weighted by atomic mass is 9.81. The molecule has 0 unspecified atom stereocenters. The first-order valence-corrected chi connectivity index (χ1v) is 7.55. The van der Waals surface area contributed by atoms with Gasteiger partial charge in [-0.2, -0.15) is 0 Å². The highest BCUT2D eigenvalue weighted by Gasteiger charge is 2.25. The van der Waals surface area contributed by atoms with Crippen molar-refractivity contribution in [3.63, 3.8) is 0 Å². The van der Waals surface area contributed by atoms with E-state index in [1.807, 2.05) is 48.5 Å². The topological polar surface area (TPSA) is 17.1 Å². The molecular weight excluding hydrogens is 280 g/mol. The van der Waals surface area contributed by atoms with E-state index >= 15 is 0 Å². The van der Waals surface area contributed by atoms with E-state index < -0.39 is 0 Å². The largest absolute Gasteiger partial charge is 0.289 e. The summed E-state index contributed by atoms with van der Waals surface area (Å²) in [6.45, 7) is 0. The van der Waals surface area contributed by atoms with Crippen molar-refractivity contribution in [2.24, 2.45) is 0 Å². The van der Waals surface area contributed by atoms with Gasteiger partial charge in [0.25, 0.3) is 0 Å². The fraction of sp³-hybridized carbons (Fsp3) is 0.105. The predicted molar refractivity (Wildman–Crippen MR) is 86.2 cm³/mol. The van der Waals surface area contributed by atoms with Gasteiger partial charge in [-0.3, -0.25) is 4.79 Å². The van der Waals surface area contributed by atoms with Crippen LogP contribution in [0.4, 0.5) is 0 Å². The van der Waals surface area contributed by atoms with Gasteiger partial charge in [-0.15, -0.1) is 11.6 Å². The molecule has 0 aromatic heterocycles. The van der Waals surface area contributed by atoms with E-state index in [-0.39, 0.29) is 5.78 Å². The van der Waals surface area contributed by atoms with Crippen molar-refractivity contribution in [2.75, 3.05) is 0 Å².